The maximum absolute atomic E-state index is 12.3. The van der Waals surface area contributed by atoms with Crippen molar-refractivity contribution in [2.45, 2.75) is 45.2 Å². The maximum Gasteiger partial charge on any atom is 0.328 e. The number of benzene rings is 1. The average Bonchev–Trinajstić information content (AvgIpc) is 2.59. The van der Waals surface area contributed by atoms with Crippen LogP contribution in [0, 0.1) is 0 Å². The van der Waals surface area contributed by atoms with Crippen LogP contribution < -0.4 is 11.1 Å². The molecule has 0 aliphatic carbocycles. The van der Waals surface area contributed by atoms with Crippen molar-refractivity contribution in [1.29, 1.82) is 0 Å². The standard InChI is InChI=1S/C18H26N2O5/c1-3-24-16(21)11-10-15(18(23)25-4-2)20-17(22)14(19)12-13-8-6-5-7-9-13/h5-9,14-15H,3-4,10-12,19H2,1-2H3,(H,20,22)/t14-,15-/m0/s1. The first-order chi connectivity index (χ1) is 12.0. The average molecular weight is 350 g/mol. The second kappa shape index (κ2) is 11.2. The fourth-order valence-corrected chi connectivity index (χ4v) is 2.23. The third-order valence-electron chi connectivity index (χ3n) is 3.47. The number of nitrogens with one attached hydrogen (secondary N) is 1. The number of hydrogen-bond donors (Lipinski definition) is 2. The molecule has 0 fully saturated rings. The van der Waals surface area contributed by atoms with E-state index in [1.54, 1.807) is 13.8 Å². The van der Waals surface area contributed by atoms with E-state index >= 15 is 0 Å². The first-order valence-electron chi connectivity index (χ1n) is 8.40. The summed E-state index contributed by atoms with van der Waals surface area (Å²) in [5.41, 5.74) is 6.84. The lowest BCUT2D eigenvalue weighted by molar-refractivity contribution is -0.149. The van der Waals surface area contributed by atoms with Crippen LogP contribution in [0.4, 0.5) is 0 Å². The first kappa shape index (κ1) is 20.6. The van der Waals surface area contributed by atoms with Crippen LogP contribution in [-0.2, 0) is 30.3 Å². The van der Waals surface area contributed by atoms with Gasteiger partial charge in [-0.15, -0.1) is 0 Å². The van der Waals surface area contributed by atoms with Crippen LogP contribution >= 0.6 is 0 Å². The van der Waals surface area contributed by atoms with Crippen LogP contribution in [0.25, 0.3) is 0 Å². The Morgan fingerprint density at radius 3 is 2.32 bits per heavy atom. The van der Waals surface area contributed by atoms with E-state index in [4.69, 9.17) is 15.2 Å². The molecule has 0 radical (unpaired) electrons. The number of amides is 1. The maximum atomic E-state index is 12.3. The molecule has 2 atom stereocenters. The third kappa shape index (κ3) is 7.80. The van der Waals surface area contributed by atoms with Crippen LogP contribution in [0.2, 0.25) is 0 Å². The van der Waals surface area contributed by atoms with Gasteiger partial charge in [0, 0.05) is 6.42 Å². The lowest BCUT2D eigenvalue weighted by Gasteiger charge is -2.19. The van der Waals surface area contributed by atoms with Crippen molar-refractivity contribution in [3.63, 3.8) is 0 Å². The van der Waals surface area contributed by atoms with E-state index in [-0.39, 0.29) is 26.1 Å². The van der Waals surface area contributed by atoms with Crippen LogP contribution in [0.1, 0.15) is 32.3 Å². The SMILES string of the molecule is CCOC(=O)CC[C@H](NC(=O)[C@@H](N)Cc1ccccc1)C(=O)OCC. The number of rotatable bonds is 10. The Bertz CT molecular complexity index is 562. The molecular weight excluding hydrogens is 324 g/mol. The van der Waals surface area contributed by atoms with E-state index in [0.29, 0.717) is 6.42 Å². The summed E-state index contributed by atoms with van der Waals surface area (Å²) in [5, 5.41) is 2.57. The van der Waals surface area contributed by atoms with Gasteiger partial charge in [-0.25, -0.2) is 4.79 Å². The molecular formula is C18H26N2O5. The van der Waals surface area contributed by atoms with Crippen molar-refractivity contribution in [1.82, 2.24) is 5.32 Å². The number of carbonyl (C=O) groups is 3. The minimum absolute atomic E-state index is 0.00548. The zero-order valence-electron chi connectivity index (χ0n) is 14.7. The zero-order valence-corrected chi connectivity index (χ0v) is 14.7. The van der Waals surface area contributed by atoms with Crippen molar-refractivity contribution < 1.29 is 23.9 Å². The normalized spacial score (nSPS) is 12.8. The predicted octanol–water partition coefficient (Wildman–Crippen LogP) is 0.948. The number of carbonyl (C=O) groups excluding carboxylic acids is 3. The molecule has 7 heteroatoms. The summed E-state index contributed by atoms with van der Waals surface area (Å²) in [6.07, 6.45) is 0.451. The highest BCUT2D eigenvalue weighted by molar-refractivity contribution is 5.87. The highest BCUT2D eigenvalue weighted by Crippen LogP contribution is 2.05. The van der Waals surface area contributed by atoms with E-state index in [1.165, 1.54) is 0 Å². The van der Waals surface area contributed by atoms with Gasteiger partial charge in [-0.2, -0.15) is 0 Å². The molecule has 7 nitrogen and oxygen atoms in total. The molecule has 0 bridgehead atoms. The fraction of sp³-hybridized carbons (Fsp3) is 0.500. The molecule has 0 saturated heterocycles. The highest BCUT2D eigenvalue weighted by Gasteiger charge is 2.25. The van der Waals surface area contributed by atoms with Crippen molar-refractivity contribution in [3.05, 3.63) is 35.9 Å². The molecule has 1 aromatic rings. The molecule has 1 amide bonds. The molecule has 0 unspecified atom stereocenters. The van der Waals surface area contributed by atoms with Gasteiger partial charge in [0.1, 0.15) is 6.04 Å². The second-order valence-corrected chi connectivity index (χ2v) is 5.45. The number of hydrogen-bond acceptors (Lipinski definition) is 6. The van der Waals surface area contributed by atoms with Gasteiger partial charge in [0.15, 0.2) is 0 Å². The molecule has 0 saturated carbocycles. The summed E-state index contributed by atoms with van der Waals surface area (Å²) in [7, 11) is 0. The third-order valence-corrected chi connectivity index (χ3v) is 3.47. The largest absolute Gasteiger partial charge is 0.466 e. The summed E-state index contributed by atoms with van der Waals surface area (Å²) in [4.78, 5) is 35.8. The smallest absolute Gasteiger partial charge is 0.328 e. The zero-order chi connectivity index (χ0) is 18.7. The Kier molecular flexibility index (Phi) is 9.24. The first-order valence-corrected chi connectivity index (χ1v) is 8.40. The van der Waals surface area contributed by atoms with Crippen molar-refractivity contribution >= 4 is 17.8 Å². The Labute approximate surface area is 147 Å². The summed E-state index contributed by atoms with van der Waals surface area (Å²) in [6.45, 7) is 3.81. The van der Waals surface area contributed by atoms with E-state index < -0.39 is 29.9 Å². The summed E-state index contributed by atoms with van der Waals surface area (Å²) >= 11 is 0. The highest BCUT2D eigenvalue weighted by atomic mass is 16.5. The molecule has 0 spiro atoms. The monoisotopic (exact) mass is 350 g/mol. The molecule has 1 rings (SSSR count). The van der Waals surface area contributed by atoms with Gasteiger partial charge < -0.3 is 20.5 Å². The molecule has 0 heterocycles. The molecule has 1 aromatic carbocycles. The summed E-state index contributed by atoms with van der Waals surface area (Å²) < 4.78 is 9.78. The topological polar surface area (TPSA) is 108 Å². The molecule has 0 aliphatic heterocycles. The van der Waals surface area contributed by atoms with Gasteiger partial charge >= 0.3 is 11.9 Å². The minimum atomic E-state index is -0.932. The van der Waals surface area contributed by atoms with Crippen LogP contribution in [0.5, 0.6) is 0 Å². The fourth-order valence-electron chi connectivity index (χ4n) is 2.23. The van der Waals surface area contributed by atoms with Crippen molar-refractivity contribution in [2.24, 2.45) is 5.73 Å². The van der Waals surface area contributed by atoms with Gasteiger partial charge in [-0.05, 0) is 32.3 Å². The lowest BCUT2D eigenvalue weighted by atomic mass is 10.1. The van der Waals surface area contributed by atoms with Crippen LogP contribution in [-0.4, -0.2) is 43.1 Å². The van der Waals surface area contributed by atoms with E-state index in [2.05, 4.69) is 5.32 Å². The van der Waals surface area contributed by atoms with E-state index in [0.717, 1.165) is 5.56 Å². The number of ether oxygens (including phenoxy) is 2. The molecule has 0 aromatic heterocycles. The number of esters is 2. The van der Waals surface area contributed by atoms with E-state index in [1.807, 2.05) is 30.3 Å². The molecule has 25 heavy (non-hydrogen) atoms. The Hall–Kier alpha value is -2.41. The van der Waals surface area contributed by atoms with Crippen LogP contribution in [0.3, 0.4) is 0 Å². The van der Waals surface area contributed by atoms with Crippen LogP contribution in [0.15, 0.2) is 30.3 Å². The van der Waals surface area contributed by atoms with Gasteiger partial charge in [-0.1, -0.05) is 30.3 Å². The summed E-state index contributed by atoms with van der Waals surface area (Å²) in [5.74, 6) is -1.49. The molecule has 138 valence electrons. The van der Waals surface area contributed by atoms with Crippen molar-refractivity contribution in [3.8, 4) is 0 Å². The van der Waals surface area contributed by atoms with Gasteiger partial charge in [0.25, 0.3) is 0 Å². The van der Waals surface area contributed by atoms with E-state index in [9.17, 15) is 14.4 Å². The van der Waals surface area contributed by atoms with Gasteiger partial charge in [0.05, 0.1) is 19.3 Å². The minimum Gasteiger partial charge on any atom is -0.466 e. The van der Waals surface area contributed by atoms with Gasteiger partial charge in [0.2, 0.25) is 5.91 Å². The molecule has 3 N–H and O–H groups in total. The molecule has 0 aliphatic rings. The van der Waals surface area contributed by atoms with Gasteiger partial charge in [-0.3, -0.25) is 9.59 Å². The number of nitrogens with two attached hydrogens (primary N) is 1. The Morgan fingerprint density at radius 1 is 1.08 bits per heavy atom. The Balaban J connectivity index is 2.63. The summed E-state index contributed by atoms with van der Waals surface area (Å²) in [6, 6.07) is 7.61. The van der Waals surface area contributed by atoms with Crippen molar-refractivity contribution in [2.75, 3.05) is 13.2 Å². The quantitative estimate of drug-likeness (QED) is 0.608. The second-order valence-electron chi connectivity index (χ2n) is 5.45. The predicted molar refractivity (Wildman–Crippen MR) is 92.6 cm³/mol. The lowest BCUT2D eigenvalue weighted by Crippen LogP contribution is -2.49. The Morgan fingerprint density at radius 2 is 1.72 bits per heavy atom.